The zero-order valence-corrected chi connectivity index (χ0v) is 29.3. The third-order valence-corrected chi connectivity index (χ3v) is 9.12. The lowest BCUT2D eigenvalue weighted by atomic mass is 9.85. The monoisotopic (exact) mass is 686 g/mol. The SMILES string of the molecule is CCCCCN1C=Nc2cccc3nc4c(c1c23)Cn1c-4cc2c(c1=O)COC(=O)[C@@]2(CC)OC(=O)CN(C)C(=O)CNC(=O)OC(C)(C)C. The van der Waals surface area contributed by atoms with Crippen LogP contribution in [-0.4, -0.2) is 77.0 Å². The van der Waals surface area contributed by atoms with Crippen LogP contribution in [0.15, 0.2) is 34.1 Å². The number of amides is 2. The van der Waals surface area contributed by atoms with Gasteiger partial charge >= 0.3 is 18.0 Å². The predicted molar refractivity (Wildman–Crippen MR) is 185 cm³/mol. The molecule has 1 atom stereocenters. The van der Waals surface area contributed by atoms with Gasteiger partial charge in [-0.05, 0) is 51.8 Å². The molecule has 50 heavy (non-hydrogen) atoms. The van der Waals surface area contributed by atoms with Gasteiger partial charge in [-0.1, -0.05) is 32.8 Å². The van der Waals surface area contributed by atoms with Gasteiger partial charge in [0.05, 0.1) is 52.1 Å². The van der Waals surface area contributed by atoms with Gasteiger partial charge in [-0.15, -0.1) is 0 Å². The maximum absolute atomic E-state index is 14.2. The van der Waals surface area contributed by atoms with Crippen molar-refractivity contribution in [1.29, 1.82) is 0 Å². The number of hydrogen-bond donors (Lipinski definition) is 1. The maximum Gasteiger partial charge on any atom is 0.408 e. The average Bonchev–Trinajstić information content (AvgIpc) is 3.44. The van der Waals surface area contributed by atoms with E-state index in [1.54, 1.807) is 38.3 Å². The quantitative estimate of drug-likeness (QED) is 0.145. The highest BCUT2D eigenvalue weighted by molar-refractivity contribution is 6.11. The van der Waals surface area contributed by atoms with Crippen LogP contribution in [0.5, 0.6) is 0 Å². The molecule has 14 nitrogen and oxygen atoms in total. The Balaban J connectivity index is 1.32. The lowest BCUT2D eigenvalue weighted by molar-refractivity contribution is -0.190. The van der Waals surface area contributed by atoms with Crippen molar-refractivity contribution in [3.05, 3.63) is 51.3 Å². The van der Waals surface area contributed by atoms with E-state index in [9.17, 15) is 24.0 Å². The number of esters is 2. The van der Waals surface area contributed by atoms with Gasteiger partial charge in [0, 0.05) is 24.7 Å². The van der Waals surface area contributed by atoms with Gasteiger partial charge in [0.1, 0.15) is 25.3 Å². The van der Waals surface area contributed by atoms with Crippen LogP contribution in [0.4, 0.5) is 16.2 Å². The Morgan fingerprint density at radius 3 is 2.62 bits per heavy atom. The van der Waals surface area contributed by atoms with E-state index in [4.69, 9.17) is 24.2 Å². The summed E-state index contributed by atoms with van der Waals surface area (Å²) in [6.45, 7) is 8.68. The number of nitrogens with one attached hydrogen (secondary N) is 1. The number of unbranched alkanes of at least 4 members (excludes halogenated alkanes) is 2. The van der Waals surface area contributed by atoms with E-state index in [2.05, 4.69) is 17.1 Å². The molecule has 6 rings (SSSR count). The first-order valence-electron chi connectivity index (χ1n) is 16.9. The number of benzene rings is 1. The summed E-state index contributed by atoms with van der Waals surface area (Å²) in [5.74, 6) is -2.29. The summed E-state index contributed by atoms with van der Waals surface area (Å²) >= 11 is 0. The van der Waals surface area contributed by atoms with E-state index in [-0.39, 0.29) is 36.3 Å². The molecule has 0 spiro atoms. The summed E-state index contributed by atoms with van der Waals surface area (Å²) in [6.07, 6.45) is 4.13. The minimum absolute atomic E-state index is 0.0282. The molecule has 2 amide bonds. The molecule has 0 fully saturated rings. The van der Waals surface area contributed by atoms with Gasteiger partial charge in [-0.25, -0.2) is 19.6 Å². The molecule has 0 aliphatic carbocycles. The highest BCUT2D eigenvalue weighted by Crippen LogP contribution is 2.47. The lowest BCUT2D eigenvalue weighted by Crippen LogP contribution is -2.49. The first-order chi connectivity index (χ1) is 23.8. The predicted octanol–water partition coefficient (Wildman–Crippen LogP) is 4.28. The van der Waals surface area contributed by atoms with Crippen LogP contribution in [-0.2, 0) is 47.3 Å². The van der Waals surface area contributed by atoms with Gasteiger partial charge in [-0.2, -0.15) is 0 Å². The maximum atomic E-state index is 14.2. The number of ether oxygens (including phenoxy) is 3. The minimum Gasteiger partial charge on any atom is -0.457 e. The Morgan fingerprint density at radius 2 is 1.90 bits per heavy atom. The number of fused-ring (bicyclic) bond motifs is 5. The molecule has 0 bridgehead atoms. The third kappa shape index (κ3) is 6.18. The van der Waals surface area contributed by atoms with E-state index in [0.717, 1.165) is 58.5 Å². The lowest BCUT2D eigenvalue weighted by Gasteiger charge is -2.36. The van der Waals surface area contributed by atoms with Crippen LogP contribution < -0.4 is 15.8 Å². The highest BCUT2D eigenvalue weighted by Gasteiger charge is 2.50. The number of cyclic esters (lactones) is 1. The fourth-order valence-corrected chi connectivity index (χ4v) is 6.67. The number of aromatic nitrogens is 2. The Hall–Kier alpha value is -5.27. The van der Waals surface area contributed by atoms with Gasteiger partial charge in [0.2, 0.25) is 11.5 Å². The van der Waals surface area contributed by atoms with E-state index in [1.807, 2.05) is 24.5 Å². The third-order valence-electron chi connectivity index (χ3n) is 9.12. The van der Waals surface area contributed by atoms with Crippen molar-refractivity contribution < 1.29 is 33.4 Å². The molecule has 0 saturated heterocycles. The second kappa shape index (κ2) is 13.2. The van der Waals surface area contributed by atoms with Crippen LogP contribution in [0.25, 0.3) is 22.3 Å². The highest BCUT2D eigenvalue weighted by atomic mass is 16.6. The van der Waals surface area contributed by atoms with E-state index in [1.165, 1.54) is 7.05 Å². The number of hydrogen-bond acceptors (Lipinski definition) is 11. The molecule has 0 saturated carbocycles. The molecular weight excluding hydrogens is 644 g/mol. The number of carbonyl (C=O) groups excluding carboxylic acids is 4. The van der Waals surface area contributed by atoms with Crippen molar-refractivity contribution in [2.45, 2.75) is 84.7 Å². The molecule has 1 N–H and O–H groups in total. The van der Waals surface area contributed by atoms with E-state index in [0.29, 0.717) is 11.4 Å². The van der Waals surface area contributed by atoms with Crippen molar-refractivity contribution in [3.63, 3.8) is 0 Å². The second-order valence-corrected chi connectivity index (χ2v) is 13.8. The molecule has 3 aromatic rings. The average molecular weight is 687 g/mol. The molecule has 5 heterocycles. The topological polar surface area (TPSA) is 162 Å². The summed E-state index contributed by atoms with van der Waals surface area (Å²) in [6, 6.07) is 7.48. The Labute approximate surface area is 289 Å². The summed E-state index contributed by atoms with van der Waals surface area (Å²) < 4.78 is 18.1. The van der Waals surface area contributed by atoms with Gasteiger partial charge in [-0.3, -0.25) is 14.4 Å². The second-order valence-electron chi connectivity index (χ2n) is 13.8. The van der Waals surface area contributed by atoms with Crippen LogP contribution in [0.3, 0.4) is 0 Å². The van der Waals surface area contributed by atoms with Gasteiger partial charge < -0.3 is 33.9 Å². The summed E-state index contributed by atoms with van der Waals surface area (Å²) in [5.41, 5.74) is 1.89. The molecule has 0 radical (unpaired) electrons. The number of likely N-dealkylation sites (N-methyl/N-ethyl adjacent to an activating group) is 1. The fourth-order valence-electron chi connectivity index (χ4n) is 6.67. The molecule has 14 heteroatoms. The van der Waals surface area contributed by atoms with Crippen molar-refractivity contribution in [2.24, 2.45) is 4.99 Å². The van der Waals surface area contributed by atoms with Crippen molar-refractivity contribution >= 4 is 52.6 Å². The standard InChI is InChI=1S/C36H42N6O8/c1-7-9-10-14-41-20-38-24-12-11-13-25-29(24)31(41)21-17-42-26(30(21)39-25)15-23-22(32(42)45)19-48-33(46)36(23,8-2)49-28(44)18-40(6)27(43)16-37-34(47)50-35(3,4)5/h11-13,15,20H,7-10,14,16-19H2,1-6H3,(H,37,47)/t36-/m0/s1. The summed E-state index contributed by atoms with van der Waals surface area (Å²) in [5, 5.41) is 3.28. The number of nitrogens with zero attached hydrogens (tertiary/aromatic N) is 5. The van der Waals surface area contributed by atoms with Gasteiger partial charge in [0.25, 0.3) is 5.56 Å². The Kier molecular flexibility index (Phi) is 9.14. The number of carbonyl (C=O) groups is 4. The normalized spacial score (nSPS) is 17.1. The first kappa shape index (κ1) is 34.6. The Morgan fingerprint density at radius 1 is 1.12 bits per heavy atom. The molecule has 2 aromatic heterocycles. The fraction of sp³-hybridized carbons (Fsp3) is 0.472. The van der Waals surface area contributed by atoms with Crippen LogP contribution in [0.1, 0.15) is 77.0 Å². The smallest absolute Gasteiger partial charge is 0.408 e. The first-order valence-corrected chi connectivity index (χ1v) is 16.9. The number of rotatable bonds is 10. The van der Waals surface area contributed by atoms with E-state index < -0.39 is 48.2 Å². The molecule has 1 aromatic carbocycles. The molecular formula is C36H42N6O8. The van der Waals surface area contributed by atoms with Crippen molar-refractivity contribution in [2.75, 3.05) is 31.6 Å². The van der Waals surface area contributed by atoms with E-state index >= 15 is 0 Å². The zero-order valence-electron chi connectivity index (χ0n) is 29.3. The zero-order chi connectivity index (χ0) is 36.0. The minimum atomic E-state index is -1.93. The van der Waals surface area contributed by atoms with Crippen LogP contribution in [0, 0.1) is 0 Å². The van der Waals surface area contributed by atoms with Gasteiger partial charge in [0.15, 0.2) is 0 Å². The number of aliphatic imine (C=N–C) groups is 1. The summed E-state index contributed by atoms with van der Waals surface area (Å²) in [4.78, 5) is 78.7. The van der Waals surface area contributed by atoms with Crippen molar-refractivity contribution in [1.82, 2.24) is 19.8 Å². The molecule has 264 valence electrons. The van der Waals surface area contributed by atoms with Crippen LogP contribution >= 0.6 is 0 Å². The molecule has 3 aliphatic rings. The number of alkyl carbamates (subject to hydrolysis) is 1. The molecule has 3 aliphatic heterocycles. The summed E-state index contributed by atoms with van der Waals surface area (Å²) in [7, 11) is 1.37. The van der Waals surface area contributed by atoms with Crippen molar-refractivity contribution in [3.8, 4) is 11.4 Å². The van der Waals surface area contributed by atoms with Crippen LogP contribution in [0.2, 0.25) is 0 Å². The molecule has 0 unspecified atom stereocenters. The number of anilines is 1. The number of pyridine rings is 2. The largest absolute Gasteiger partial charge is 0.457 e. The Bertz CT molecular complexity index is 2000.